The zero-order chi connectivity index (χ0) is 69.2. The van der Waals surface area contributed by atoms with Crippen LogP contribution in [0.4, 0.5) is 0 Å². The van der Waals surface area contributed by atoms with Gasteiger partial charge in [0, 0.05) is 81.1 Å². The van der Waals surface area contributed by atoms with E-state index in [0.29, 0.717) is 17.2 Å². The number of aromatic nitrogens is 8. The Hall–Kier alpha value is -14.1. The Morgan fingerprint density at radius 1 is 0.245 bits per heavy atom. The second kappa shape index (κ2) is 22.7. The molecule has 0 bridgehead atoms. The third kappa shape index (κ3) is 8.70. The predicted octanol–water partition coefficient (Wildman–Crippen LogP) is 25.6. The summed E-state index contributed by atoms with van der Waals surface area (Å²) in [6.45, 7) is 0. The summed E-state index contributed by atoms with van der Waals surface area (Å²) < 4.78 is 18.4. The molecule has 24 aromatic rings. The fraction of sp³-hybridized carbons (Fsp3) is 0. The molecule has 8 heterocycles. The number of furan rings is 1. The van der Waals surface area contributed by atoms with Crippen molar-refractivity contribution in [1.82, 2.24) is 38.2 Å². The van der Waals surface area contributed by atoms with Crippen molar-refractivity contribution >= 4 is 184 Å². The van der Waals surface area contributed by atoms with E-state index >= 15 is 0 Å². The normalized spacial score (nSPS) is 12.2. The Bertz CT molecular complexity index is 7390. The van der Waals surface area contributed by atoms with Gasteiger partial charge in [0.25, 0.3) is 0 Å². The first kappa shape index (κ1) is 58.6. The van der Waals surface area contributed by atoms with E-state index in [1.54, 1.807) is 11.3 Å². The van der Waals surface area contributed by atoms with E-state index < -0.39 is 0 Å². The first-order chi connectivity index (χ1) is 52.6. The summed E-state index contributed by atoms with van der Waals surface area (Å²) in [5.74, 6) is 2.99. The molecule has 0 saturated carbocycles. The number of hydrogen-bond acceptors (Lipinski definition) is 6. The number of thiophene rings is 1. The average molecular weight is 1370 g/mol. The molecule has 0 aliphatic rings. The van der Waals surface area contributed by atoms with Gasteiger partial charge in [-0.15, -0.1) is 11.3 Å². The highest BCUT2D eigenvalue weighted by molar-refractivity contribution is 7.26. The van der Waals surface area contributed by atoms with Crippen LogP contribution in [0.15, 0.2) is 344 Å². The molecule has 0 aliphatic carbocycles. The summed E-state index contributed by atoms with van der Waals surface area (Å²) in [6.07, 6.45) is 0. The van der Waals surface area contributed by atoms with Gasteiger partial charge in [-0.05, 0) is 170 Å². The molecule has 0 unspecified atom stereocenters. The highest BCUT2D eigenvalue weighted by Gasteiger charge is 2.27. The molecular weight excluding hydrogens is 1310 g/mol. The van der Waals surface area contributed by atoms with Gasteiger partial charge in [0.15, 0.2) is 28.9 Å². The fourth-order valence-electron chi connectivity index (χ4n) is 17.1. The minimum absolute atomic E-state index is 0.647. The largest absolute Gasteiger partial charge is 0.450 e. The van der Waals surface area contributed by atoms with Gasteiger partial charge in [0.1, 0.15) is 11.1 Å². The molecular formula is C96H56N8OS. The van der Waals surface area contributed by atoms with E-state index in [9.17, 15) is 0 Å². The molecule has 8 aromatic heterocycles. The van der Waals surface area contributed by atoms with Crippen molar-refractivity contribution < 1.29 is 4.42 Å². The fourth-order valence-corrected chi connectivity index (χ4v) is 18.2. The lowest BCUT2D eigenvalue weighted by Gasteiger charge is -2.12. The van der Waals surface area contributed by atoms with E-state index in [1.807, 2.05) is 18.2 Å². The van der Waals surface area contributed by atoms with Crippen molar-refractivity contribution in [2.75, 3.05) is 0 Å². The third-order valence-electron chi connectivity index (χ3n) is 21.8. The van der Waals surface area contributed by atoms with E-state index in [4.69, 9.17) is 24.4 Å². The molecule has 0 aliphatic heterocycles. The molecule has 0 spiro atoms. The minimum Gasteiger partial charge on any atom is -0.450 e. The minimum atomic E-state index is 0.647. The highest BCUT2D eigenvalue weighted by atomic mass is 32.1. The first-order valence-corrected chi connectivity index (χ1v) is 36.7. The van der Waals surface area contributed by atoms with Gasteiger partial charge >= 0.3 is 0 Å². The molecule has 0 radical (unpaired) electrons. The quantitative estimate of drug-likeness (QED) is 0.166. The maximum Gasteiger partial charge on any atom is 0.197 e. The Balaban J connectivity index is 0.000000129. The standard InChI is InChI=1S/C48H28N4O.C48H28N4S/c2*1-2-15-33(16-3-1)51-39-20-10-8-18-35(39)37-27-32(23-24-40(37)51)47-49-45-36-19-9-11-21-43(36)53-46(45)48(50-47)52-41-25-22-29-12-6-7-17-34(29)44(41)38-26-30-13-4-5-14-31(30)28-42(38)52/h2*1-28H. The van der Waals surface area contributed by atoms with Crippen LogP contribution >= 0.6 is 11.3 Å². The molecule has 9 nitrogen and oxygen atoms in total. The summed E-state index contributed by atoms with van der Waals surface area (Å²) >= 11 is 1.77. The summed E-state index contributed by atoms with van der Waals surface area (Å²) in [5.41, 5.74) is 16.5. The second-order valence-electron chi connectivity index (χ2n) is 27.6. The number of rotatable bonds is 6. The molecule has 24 rings (SSSR count). The number of para-hydroxylation sites is 5. The Labute approximate surface area is 608 Å². The SMILES string of the molecule is c1ccc(-n2c3ccccc3c3cc(-c4nc(-n5c6cc7ccccc7cc6c6c7ccccc7ccc65)c5oc6ccccc6c5n4)ccc32)cc1.c1ccc(-n2c3ccccc3c3cc(-c4nc(-n5c6cc7ccccc7cc6c6c7ccccc7ccc65)c5sc6ccccc6c5n4)ccc32)cc1. The van der Waals surface area contributed by atoms with Crippen molar-refractivity contribution in [1.29, 1.82) is 0 Å². The highest BCUT2D eigenvalue weighted by Crippen LogP contribution is 2.47. The second-order valence-corrected chi connectivity index (χ2v) is 28.7. The monoisotopic (exact) mass is 1370 g/mol. The number of benzene rings is 16. The van der Waals surface area contributed by atoms with E-state index in [0.717, 1.165) is 110 Å². The van der Waals surface area contributed by atoms with Gasteiger partial charge in [-0.3, -0.25) is 9.13 Å². The lowest BCUT2D eigenvalue weighted by Crippen LogP contribution is -2.02. The molecule has 0 amide bonds. The molecule has 0 N–H and O–H groups in total. The van der Waals surface area contributed by atoms with Crippen molar-refractivity contribution in [2.45, 2.75) is 0 Å². The van der Waals surface area contributed by atoms with Crippen LogP contribution in [0.3, 0.4) is 0 Å². The molecule has 0 atom stereocenters. The Morgan fingerprint density at radius 3 is 1.20 bits per heavy atom. The van der Waals surface area contributed by atoms with Crippen LogP contribution in [0.5, 0.6) is 0 Å². The topological polar surface area (TPSA) is 84.4 Å². The lowest BCUT2D eigenvalue weighted by molar-refractivity contribution is 0.662. The number of hydrogen-bond donors (Lipinski definition) is 0. The molecule has 10 heteroatoms. The van der Waals surface area contributed by atoms with Crippen LogP contribution in [0, 0.1) is 0 Å². The number of nitrogens with zero attached hydrogens (tertiary/aromatic N) is 8. The summed E-state index contributed by atoms with van der Waals surface area (Å²) in [4.78, 5) is 21.7. The molecule has 0 saturated heterocycles. The van der Waals surface area contributed by atoms with Gasteiger partial charge in [-0.25, -0.2) is 19.9 Å². The van der Waals surface area contributed by atoms with E-state index in [2.05, 4.69) is 340 Å². The van der Waals surface area contributed by atoms with Crippen molar-refractivity contribution in [2.24, 2.45) is 0 Å². The van der Waals surface area contributed by atoms with Crippen molar-refractivity contribution in [3.8, 4) is 45.8 Å². The van der Waals surface area contributed by atoms with Crippen LogP contribution < -0.4 is 0 Å². The maximum absolute atomic E-state index is 6.70. The summed E-state index contributed by atoms with van der Waals surface area (Å²) in [7, 11) is 0. The third-order valence-corrected chi connectivity index (χ3v) is 22.9. The van der Waals surface area contributed by atoms with Gasteiger partial charge in [0.2, 0.25) is 0 Å². The van der Waals surface area contributed by atoms with Gasteiger partial charge < -0.3 is 13.6 Å². The lowest BCUT2D eigenvalue weighted by atomic mass is 10.0. The Morgan fingerprint density at radius 2 is 0.651 bits per heavy atom. The maximum atomic E-state index is 6.70. The summed E-state index contributed by atoms with van der Waals surface area (Å²) in [5, 5.41) is 21.4. The zero-order valence-electron chi connectivity index (χ0n) is 56.7. The smallest absolute Gasteiger partial charge is 0.197 e. The molecule has 492 valence electrons. The molecule has 16 aromatic carbocycles. The van der Waals surface area contributed by atoms with E-state index in [-0.39, 0.29) is 0 Å². The first-order valence-electron chi connectivity index (χ1n) is 35.8. The molecule has 106 heavy (non-hydrogen) atoms. The van der Waals surface area contributed by atoms with Crippen LogP contribution in [-0.2, 0) is 0 Å². The average Bonchev–Trinajstić information content (AvgIpc) is 1.56. The van der Waals surface area contributed by atoms with Crippen LogP contribution in [0.1, 0.15) is 0 Å². The van der Waals surface area contributed by atoms with Crippen molar-refractivity contribution in [3.63, 3.8) is 0 Å². The Kier molecular flexibility index (Phi) is 12.6. The molecule has 0 fully saturated rings. The van der Waals surface area contributed by atoms with Crippen LogP contribution in [-0.4, -0.2) is 38.2 Å². The van der Waals surface area contributed by atoms with Crippen LogP contribution in [0.2, 0.25) is 0 Å². The van der Waals surface area contributed by atoms with Crippen LogP contribution in [0.25, 0.3) is 218 Å². The zero-order valence-corrected chi connectivity index (χ0v) is 57.5. The predicted molar refractivity (Wildman–Crippen MR) is 442 cm³/mol. The number of fused-ring (bicyclic) bond motifs is 24. The van der Waals surface area contributed by atoms with Gasteiger partial charge in [-0.1, -0.05) is 212 Å². The van der Waals surface area contributed by atoms with Gasteiger partial charge in [-0.2, -0.15) is 0 Å². The van der Waals surface area contributed by atoms with Crippen molar-refractivity contribution in [3.05, 3.63) is 340 Å². The van der Waals surface area contributed by atoms with E-state index in [1.165, 1.54) is 91.0 Å². The van der Waals surface area contributed by atoms with Gasteiger partial charge in [0.05, 0.1) is 54.4 Å². The summed E-state index contributed by atoms with van der Waals surface area (Å²) in [6, 6.07) is 121.